The van der Waals surface area contributed by atoms with Gasteiger partial charge in [0.1, 0.15) is 17.2 Å². The quantitative estimate of drug-likeness (QED) is 0.394. The van der Waals surface area contributed by atoms with E-state index in [1.54, 1.807) is 70.3 Å². The standard InChI is InChI=1S/C26H26N4O6/c1-26(2,3)36-25(34)29(4)16-21(22-28-12-13-30(22)24(32)33)18-8-10-20(11-9-18)35-23(31)19-7-5-6-17(14-19)15-27/h5-14,21H,16H2,1-4H3,(H,32,33). The summed E-state index contributed by atoms with van der Waals surface area (Å²) in [5, 5.41) is 18.6. The van der Waals surface area contributed by atoms with E-state index in [9.17, 15) is 19.5 Å². The highest BCUT2D eigenvalue weighted by Crippen LogP contribution is 2.27. The monoisotopic (exact) mass is 490 g/mol. The lowest BCUT2D eigenvalue weighted by Gasteiger charge is -2.27. The molecule has 1 heterocycles. The van der Waals surface area contributed by atoms with Gasteiger partial charge in [-0.15, -0.1) is 0 Å². The van der Waals surface area contributed by atoms with Gasteiger partial charge in [-0.05, 0) is 56.7 Å². The van der Waals surface area contributed by atoms with Gasteiger partial charge in [0.25, 0.3) is 0 Å². The van der Waals surface area contributed by atoms with Crippen LogP contribution in [-0.2, 0) is 4.74 Å². The number of carboxylic acid groups (broad SMARTS) is 1. The van der Waals surface area contributed by atoms with E-state index in [2.05, 4.69) is 4.98 Å². The van der Waals surface area contributed by atoms with Crippen LogP contribution in [-0.4, -0.2) is 56.9 Å². The van der Waals surface area contributed by atoms with E-state index in [4.69, 9.17) is 14.7 Å². The normalized spacial score (nSPS) is 11.8. The van der Waals surface area contributed by atoms with Crippen LogP contribution in [0, 0.1) is 11.3 Å². The van der Waals surface area contributed by atoms with Gasteiger partial charge in [-0.3, -0.25) is 0 Å². The van der Waals surface area contributed by atoms with Crippen LogP contribution in [0.5, 0.6) is 5.75 Å². The number of likely N-dealkylation sites (N-methyl/N-ethyl adjacent to an activating group) is 1. The molecule has 0 aliphatic carbocycles. The van der Waals surface area contributed by atoms with Crippen molar-refractivity contribution in [3.63, 3.8) is 0 Å². The fourth-order valence-corrected chi connectivity index (χ4v) is 3.41. The Morgan fingerprint density at radius 3 is 2.47 bits per heavy atom. The molecule has 186 valence electrons. The lowest BCUT2D eigenvalue weighted by Crippen LogP contribution is -2.37. The zero-order valence-electron chi connectivity index (χ0n) is 20.3. The molecule has 1 aromatic heterocycles. The minimum Gasteiger partial charge on any atom is -0.464 e. The highest BCUT2D eigenvalue weighted by atomic mass is 16.6. The fourth-order valence-electron chi connectivity index (χ4n) is 3.41. The Bertz CT molecular complexity index is 1300. The second-order valence-corrected chi connectivity index (χ2v) is 9.00. The minimum absolute atomic E-state index is 0.0826. The van der Waals surface area contributed by atoms with Crippen LogP contribution < -0.4 is 4.74 Å². The molecule has 3 aromatic rings. The van der Waals surface area contributed by atoms with Crippen LogP contribution in [0.3, 0.4) is 0 Å². The average molecular weight is 491 g/mol. The first-order valence-electron chi connectivity index (χ1n) is 11.0. The molecule has 1 unspecified atom stereocenters. The van der Waals surface area contributed by atoms with Gasteiger partial charge >= 0.3 is 18.2 Å². The number of hydrogen-bond donors (Lipinski definition) is 1. The topological polar surface area (TPSA) is 135 Å². The third-order valence-electron chi connectivity index (χ3n) is 5.07. The van der Waals surface area contributed by atoms with E-state index >= 15 is 0 Å². The zero-order chi connectivity index (χ0) is 26.5. The maximum absolute atomic E-state index is 12.6. The molecule has 0 saturated carbocycles. The maximum atomic E-state index is 12.6. The lowest BCUT2D eigenvalue weighted by atomic mass is 9.97. The molecule has 1 amide bonds. The van der Waals surface area contributed by atoms with Crippen molar-refractivity contribution in [2.24, 2.45) is 0 Å². The van der Waals surface area contributed by atoms with E-state index in [0.29, 0.717) is 11.1 Å². The van der Waals surface area contributed by atoms with Crippen molar-refractivity contribution < 1.29 is 29.0 Å². The molecule has 3 rings (SSSR count). The van der Waals surface area contributed by atoms with E-state index < -0.39 is 29.7 Å². The van der Waals surface area contributed by atoms with Crippen LogP contribution in [0.25, 0.3) is 0 Å². The van der Waals surface area contributed by atoms with Crippen LogP contribution >= 0.6 is 0 Å². The maximum Gasteiger partial charge on any atom is 0.417 e. The summed E-state index contributed by atoms with van der Waals surface area (Å²) in [7, 11) is 1.56. The average Bonchev–Trinajstić information content (AvgIpc) is 3.32. The lowest BCUT2D eigenvalue weighted by molar-refractivity contribution is 0.0292. The minimum atomic E-state index is -1.21. The third kappa shape index (κ3) is 6.48. The van der Waals surface area contributed by atoms with Gasteiger partial charge in [0.15, 0.2) is 0 Å². The molecular formula is C26H26N4O6. The first-order valence-corrected chi connectivity index (χ1v) is 11.0. The molecular weight excluding hydrogens is 464 g/mol. The van der Waals surface area contributed by atoms with Crippen molar-refractivity contribution in [1.29, 1.82) is 5.26 Å². The Morgan fingerprint density at radius 1 is 1.17 bits per heavy atom. The number of imidazole rings is 1. The highest BCUT2D eigenvalue weighted by Gasteiger charge is 2.27. The molecule has 1 N–H and O–H groups in total. The number of carbonyl (C=O) groups excluding carboxylic acids is 2. The summed E-state index contributed by atoms with van der Waals surface area (Å²) in [6.45, 7) is 5.34. The number of esters is 1. The van der Waals surface area contributed by atoms with Crippen LogP contribution in [0.4, 0.5) is 9.59 Å². The Labute approximate surface area is 208 Å². The predicted octanol–water partition coefficient (Wildman–Crippen LogP) is 4.50. The molecule has 10 nitrogen and oxygen atoms in total. The largest absolute Gasteiger partial charge is 0.464 e. The van der Waals surface area contributed by atoms with Gasteiger partial charge in [-0.2, -0.15) is 5.26 Å². The van der Waals surface area contributed by atoms with Crippen molar-refractivity contribution in [3.8, 4) is 11.8 Å². The number of ether oxygens (including phenoxy) is 2. The van der Waals surface area contributed by atoms with Crippen molar-refractivity contribution >= 4 is 18.2 Å². The summed E-state index contributed by atoms with van der Waals surface area (Å²) in [5.41, 5.74) is 0.521. The zero-order valence-corrected chi connectivity index (χ0v) is 20.3. The molecule has 1 atom stereocenters. The van der Waals surface area contributed by atoms with E-state index in [1.165, 1.54) is 23.4 Å². The van der Waals surface area contributed by atoms with Crippen LogP contribution in [0.1, 0.15) is 54.0 Å². The molecule has 0 spiro atoms. The number of hydrogen-bond acceptors (Lipinski definition) is 7. The Kier molecular flexibility index (Phi) is 7.74. The van der Waals surface area contributed by atoms with Crippen LogP contribution in [0.2, 0.25) is 0 Å². The molecule has 10 heteroatoms. The molecule has 0 aliphatic rings. The second-order valence-electron chi connectivity index (χ2n) is 9.00. The third-order valence-corrected chi connectivity index (χ3v) is 5.07. The Balaban J connectivity index is 1.86. The summed E-state index contributed by atoms with van der Waals surface area (Å²) < 4.78 is 11.8. The van der Waals surface area contributed by atoms with Crippen LogP contribution in [0.15, 0.2) is 60.9 Å². The summed E-state index contributed by atoms with van der Waals surface area (Å²) in [4.78, 5) is 42.3. The molecule has 0 bridgehead atoms. The molecule has 2 aromatic carbocycles. The Hall–Kier alpha value is -4.65. The smallest absolute Gasteiger partial charge is 0.417 e. The van der Waals surface area contributed by atoms with E-state index in [-0.39, 0.29) is 23.7 Å². The number of carbonyl (C=O) groups is 3. The summed E-state index contributed by atoms with van der Waals surface area (Å²) in [6, 6.07) is 14.6. The number of benzene rings is 2. The van der Waals surface area contributed by atoms with Gasteiger partial charge in [-0.25, -0.2) is 23.9 Å². The van der Waals surface area contributed by atoms with Gasteiger partial charge in [0.2, 0.25) is 0 Å². The first kappa shape index (κ1) is 26.0. The summed E-state index contributed by atoms with van der Waals surface area (Å²) in [5.74, 6) is -0.768. The van der Waals surface area contributed by atoms with Crippen molar-refractivity contribution in [1.82, 2.24) is 14.5 Å². The van der Waals surface area contributed by atoms with Gasteiger partial charge in [0, 0.05) is 26.0 Å². The number of amides is 1. The SMILES string of the molecule is CN(CC(c1ccc(OC(=O)c2cccc(C#N)c2)cc1)c1nccn1C(=O)O)C(=O)OC(C)(C)C. The molecule has 36 heavy (non-hydrogen) atoms. The van der Waals surface area contributed by atoms with Crippen molar-refractivity contribution in [3.05, 3.63) is 83.4 Å². The molecule has 0 saturated heterocycles. The van der Waals surface area contributed by atoms with Crippen molar-refractivity contribution in [2.45, 2.75) is 32.3 Å². The second kappa shape index (κ2) is 10.7. The van der Waals surface area contributed by atoms with Crippen molar-refractivity contribution in [2.75, 3.05) is 13.6 Å². The summed E-state index contributed by atoms with van der Waals surface area (Å²) >= 11 is 0. The highest BCUT2D eigenvalue weighted by molar-refractivity contribution is 5.91. The first-order chi connectivity index (χ1) is 17.0. The van der Waals surface area contributed by atoms with Gasteiger partial charge < -0.3 is 19.5 Å². The number of nitriles is 1. The summed E-state index contributed by atoms with van der Waals surface area (Å²) in [6.07, 6.45) is 0.919. The molecule has 0 aliphatic heterocycles. The van der Waals surface area contributed by atoms with Gasteiger partial charge in [0.05, 0.1) is 23.1 Å². The van der Waals surface area contributed by atoms with E-state index in [1.807, 2.05) is 6.07 Å². The van der Waals surface area contributed by atoms with Gasteiger partial charge in [-0.1, -0.05) is 18.2 Å². The van der Waals surface area contributed by atoms with E-state index in [0.717, 1.165) is 4.57 Å². The number of nitrogens with zero attached hydrogens (tertiary/aromatic N) is 4. The number of aromatic nitrogens is 2. The molecule has 0 radical (unpaired) electrons. The molecule has 0 fully saturated rings. The number of rotatable bonds is 6. The Morgan fingerprint density at radius 2 is 1.86 bits per heavy atom. The predicted molar refractivity (Wildman–Crippen MR) is 129 cm³/mol. The fraction of sp³-hybridized carbons (Fsp3) is 0.269.